The number of rotatable bonds is 4. The van der Waals surface area contributed by atoms with Gasteiger partial charge in [-0.2, -0.15) is 0 Å². The zero-order valence-electron chi connectivity index (χ0n) is 13.5. The van der Waals surface area contributed by atoms with Gasteiger partial charge in [0.2, 0.25) is 5.91 Å². The molecular formula is C19H19N3O2. The van der Waals surface area contributed by atoms with Crippen LogP contribution in [0.3, 0.4) is 0 Å². The van der Waals surface area contributed by atoms with E-state index in [1.54, 1.807) is 0 Å². The Morgan fingerprint density at radius 1 is 1.29 bits per heavy atom. The number of hydrogen-bond acceptors (Lipinski definition) is 3. The second kappa shape index (κ2) is 5.76. The maximum absolute atomic E-state index is 11.9. The average Bonchev–Trinajstić information content (AvgIpc) is 3.35. The highest BCUT2D eigenvalue weighted by Crippen LogP contribution is 2.30. The van der Waals surface area contributed by atoms with Gasteiger partial charge in [-0.1, -0.05) is 23.8 Å². The molecule has 2 N–H and O–H groups in total. The van der Waals surface area contributed by atoms with Gasteiger partial charge in [-0.15, -0.1) is 0 Å². The third kappa shape index (κ3) is 2.78. The quantitative estimate of drug-likeness (QED) is 0.776. The Labute approximate surface area is 140 Å². The van der Waals surface area contributed by atoms with Crippen molar-refractivity contribution in [2.24, 2.45) is 5.92 Å². The van der Waals surface area contributed by atoms with Crippen molar-refractivity contribution in [3.63, 3.8) is 0 Å². The first-order valence-electron chi connectivity index (χ1n) is 8.14. The number of nitrogens with zero attached hydrogens (tertiary/aromatic N) is 2. The number of hydrogen-bond donors (Lipinski definition) is 2. The first-order chi connectivity index (χ1) is 11.6. The number of aromatic nitrogens is 2. The van der Waals surface area contributed by atoms with Gasteiger partial charge in [0.25, 0.3) is 0 Å². The SMILES string of the molecule is Cc1ccc(CO)c(-c2ccc3nc(NC(=O)C4CC4)cn3c2)c1. The highest BCUT2D eigenvalue weighted by molar-refractivity contribution is 5.93. The average molecular weight is 321 g/mol. The molecule has 122 valence electrons. The molecule has 5 heteroatoms. The molecule has 1 aliphatic rings. The van der Waals surface area contributed by atoms with Gasteiger partial charge in [0.05, 0.1) is 12.8 Å². The van der Waals surface area contributed by atoms with E-state index in [0.29, 0.717) is 5.82 Å². The van der Waals surface area contributed by atoms with E-state index in [1.165, 1.54) is 0 Å². The summed E-state index contributed by atoms with van der Waals surface area (Å²) < 4.78 is 1.90. The van der Waals surface area contributed by atoms with E-state index >= 15 is 0 Å². The summed E-state index contributed by atoms with van der Waals surface area (Å²) in [7, 11) is 0. The third-order valence-electron chi connectivity index (χ3n) is 4.40. The van der Waals surface area contributed by atoms with Gasteiger partial charge in [-0.25, -0.2) is 4.98 Å². The summed E-state index contributed by atoms with van der Waals surface area (Å²) in [4.78, 5) is 16.3. The van der Waals surface area contributed by atoms with Gasteiger partial charge in [0.1, 0.15) is 5.65 Å². The van der Waals surface area contributed by atoms with Crippen molar-refractivity contribution in [2.75, 3.05) is 5.32 Å². The minimum absolute atomic E-state index is 0.000273. The normalized spacial score (nSPS) is 14.1. The number of nitrogens with one attached hydrogen (secondary N) is 1. The number of aliphatic hydroxyl groups is 1. The Kier molecular flexibility index (Phi) is 3.58. The molecular weight excluding hydrogens is 302 g/mol. The summed E-state index contributed by atoms with van der Waals surface area (Å²) in [6, 6.07) is 9.92. The number of amides is 1. The predicted molar refractivity (Wildman–Crippen MR) is 92.6 cm³/mol. The van der Waals surface area contributed by atoms with Crippen LogP contribution in [0, 0.1) is 12.8 Å². The van der Waals surface area contributed by atoms with Gasteiger partial charge in [-0.05, 0) is 48.6 Å². The fourth-order valence-electron chi connectivity index (χ4n) is 2.88. The van der Waals surface area contributed by atoms with Gasteiger partial charge >= 0.3 is 0 Å². The van der Waals surface area contributed by atoms with Crippen LogP contribution in [0.1, 0.15) is 24.0 Å². The van der Waals surface area contributed by atoms with E-state index in [9.17, 15) is 9.90 Å². The highest BCUT2D eigenvalue weighted by Gasteiger charge is 2.29. The summed E-state index contributed by atoms with van der Waals surface area (Å²) in [6.45, 7) is 2.03. The lowest BCUT2D eigenvalue weighted by Crippen LogP contribution is -2.13. The molecule has 1 aliphatic carbocycles. The van der Waals surface area contributed by atoms with Crippen molar-refractivity contribution >= 4 is 17.4 Å². The molecule has 1 aromatic carbocycles. The molecule has 2 heterocycles. The Morgan fingerprint density at radius 2 is 2.12 bits per heavy atom. The lowest BCUT2D eigenvalue weighted by Gasteiger charge is -2.09. The number of aryl methyl sites for hydroxylation is 1. The minimum atomic E-state index is 0.000273. The van der Waals surface area contributed by atoms with Gasteiger partial charge in [-0.3, -0.25) is 4.79 Å². The van der Waals surface area contributed by atoms with E-state index in [1.807, 2.05) is 48.0 Å². The van der Waals surface area contributed by atoms with Gasteiger partial charge < -0.3 is 14.8 Å². The van der Waals surface area contributed by atoms with Gasteiger partial charge in [0, 0.05) is 12.1 Å². The summed E-state index contributed by atoms with van der Waals surface area (Å²) >= 11 is 0. The fourth-order valence-corrected chi connectivity index (χ4v) is 2.88. The van der Waals surface area contributed by atoms with Crippen LogP contribution in [0.5, 0.6) is 0 Å². The first kappa shape index (κ1) is 14.9. The monoisotopic (exact) mass is 321 g/mol. The minimum Gasteiger partial charge on any atom is -0.392 e. The van der Waals surface area contributed by atoms with Crippen molar-refractivity contribution in [3.05, 3.63) is 53.9 Å². The smallest absolute Gasteiger partial charge is 0.228 e. The van der Waals surface area contributed by atoms with E-state index in [0.717, 1.165) is 40.7 Å². The number of anilines is 1. The fraction of sp³-hybridized carbons (Fsp3) is 0.263. The maximum atomic E-state index is 11.9. The van der Waals surface area contributed by atoms with Crippen LogP contribution in [0.25, 0.3) is 16.8 Å². The van der Waals surface area contributed by atoms with Crippen molar-refractivity contribution in [2.45, 2.75) is 26.4 Å². The predicted octanol–water partition coefficient (Wildman–Crippen LogP) is 3.15. The summed E-state index contributed by atoms with van der Waals surface area (Å²) in [5, 5.41) is 12.5. The van der Waals surface area contributed by atoms with Crippen LogP contribution in [-0.4, -0.2) is 20.4 Å². The van der Waals surface area contributed by atoms with Crippen molar-refractivity contribution in [1.29, 1.82) is 0 Å². The van der Waals surface area contributed by atoms with E-state index in [-0.39, 0.29) is 18.4 Å². The second-order valence-corrected chi connectivity index (χ2v) is 6.39. The molecule has 2 aromatic heterocycles. The summed E-state index contributed by atoms with van der Waals surface area (Å²) in [5.41, 5.74) is 4.83. The molecule has 0 atom stereocenters. The second-order valence-electron chi connectivity index (χ2n) is 6.39. The van der Waals surface area contributed by atoms with Crippen LogP contribution in [0.2, 0.25) is 0 Å². The number of pyridine rings is 1. The topological polar surface area (TPSA) is 66.6 Å². The van der Waals surface area contributed by atoms with Crippen molar-refractivity contribution in [1.82, 2.24) is 9.38 Å². The van der Waals surface area contributed by atoms with Crippen LogP contribution >= 0.6 is 0 Å². The lowest BCUT2D eigenvalue weighted by molar-refractivity contribution is -0.117. The van der Waals surface area contributed by atoms with E-state index < -0.39 is 0 Å². The molecule has 1 amide bonds. The largest absolute Gasteiger partial charge is 0.392 e. The van der Waals surface area contributed by atoms with Crippen molar-refractivity contribution < 1.29 is 9.90 Å². The van der Waals surface area contributed by atoms with E-state index in [2.05, 4.69) is 16.4 Å². The Hall–Kier alpha value is -2.66. The highest BCUT2D eigenvalue weighted by atomic mass is 16.3. The molecule has 0 bridgehead atoms. The molecule has 1 saturated carbocycles. The number of fused-ring (bicyclic) bond motifs is 1. The molecule has 0 unspecified atom stereocenters. The number of carbonyl (C=O) groups is 1. The molecule has 24 heavy (non-hydrogen) atoms. The van der Waals surface area contributed by atoms with Crippen LogP contribution in [0.15, 0.2) is 42.7 Å². The Morgan fingerprint density at radius 3 is 2.88 bits per heavy atom. The number of aliphatic hydroxyl groups excluding tert-OH is 1. The van der Waals surface area contributed by atoms with Crippen LogP contribution in [0.4, 0.5) is 5.82 Å². The maximum Gasteiger partial charge on any atom is 0.228 e. The molecule has 4 rings (SSSR count). The Balaban J connectivity index is 1.70. The molecule has 0 spiro atoms. The van der Waals surface area contributed by atoms with Crippen LogP contribution < -0.4 is 5.32 Å². The molecule has 0 saturated heterocycles. The number of benzene rings is 1. The molecule has 3 aromatic rings. The number of carbonyl (C=O) groups excluding carboxylic acids is 1. The molecule has 0 aliphatic heterocycles. The molecule has 1 fully saturated rings. The van der Waals surface area contributed by atoms with Crippen molar-refractivity contribution in [3.8, 4) is 11.1 Å². The first-order valence-corrected chi connectivity index (χ1v) is 8.14. The zero-order chi connectivity index (χ0) is 16.7. The molecule has 0 radical (unpaired) electrons. The number of imidazole rings is 1. The third-order valence-corrected chi connectivity index (χ3v) is 4.40. The zero-order valence-corrected chi connectivity index (χ0v) is 13.5. The summed E-state index contributed by atoms with van der Waals surface area (Å²) in [6.07, 6.45) is 5.75. The Bertz CT molecular complexity index is 926. The van der Waals surface area contributed by atoms with Crippen LogP contribution in [-0.2, 0) is 11.4 Å². The molecule has 5 nitrogen and oxygen atoms in total. The summed E-state index contributed by atoms with van der Waals surface area (Å²) in [5.74, 6) is 0.792. The standard InChI is InChI=1S/C19H19N3O2/c1-12-2-3-15(11-23)16(8-12)14-6-7-18-20-17(10-22(18)9-14)21-19(24)13-4-5-13/h2-3,6-10,13,23H,4-5,11H2,1H3,(H,21,24). The van der Waals surface area contributed by atoms with Gasteiger partial charge in [0.15, 0.2) is 5.82 Å². The lowest BCUT2D eigenvalue weighted by atomic mass is 9.99. The van der Waals surface area contributed by atoms with E-state index in [4.69, 9.17) is 0 Å².